The molecule has 36 heavy (non-hydrogen) atoms. The standard InChI is InChI=1S/C30H32N4O2/c1-2-33-14-5-6-25(33)20-36-26-12-11-22-17-24(10-9-23(22)18-26)30-27-16-21(19-31)8-13-28(27)34(32-30)29-7-3-4-15-35-29/h8-13,16-18,25,29H,2-7,14-15,20H2,1H3/t25-,29?/m1/s1. The first-order valence-corrected chi connectivity index (χ1v) is 13.2. The Labute approximate surface area is 212 Å². The highest BCUT2D eigenvalue weighted by Crippen LogP contribution is 2.35. The molecule has 6 nitrogen and oxygen atoms in total. The van der Waals surface area contributed by atoms with Crippen LogP contribution in [0, 0.1) is 11.3 Å². The molecule has 0 bridgehead atoms. The number of hydrogen-bond donors (Lipinski definition) is 0. The first-order valence-electron chi connectivity index (χ1n) is 13.2. The molecule has 0 radical (unpaired) electrons. The molecular weight excluding hydrogens is 448 g/mol. The Balaban J connectivity index is 1.32. The molecule has 2 saturated heterocycles. The molecular formula is C30H32N4O2. The lowest BCUT2D eigenvalue weighted by Gasteiger charge is -2.23. The van der Waals surface area contributed by atoms with Crippen LogP contribution in [0.5, 0.6) is 5.75 Å². The molecule has 4 aromatic rings. The Morgan fingerprint density at radius 1 is 1.03 bits per heavy atom. The van der Waals surface area contributed by atoms with Crippen LogP contribution in [0.4, 0.5) is 0 Å². The molecule has 6 rings (SSSR count). The number of likely N-dealkylation sites (tertiary alicyclic amines) is 1. The minimum Gasteiger partial charge on any atom is -0.492 e. The second kappa shape index (κ2) is 9.93. The normalized spacial score (nSPS) is 20.7. The van der Waals surface area contributed by atoms with E-state index in [0.29, 0.717) is 11.6 Å². The lowest BCUT2D eigenvalue weighted by Crippen LogP contribution is -2.33. The van der Waals surface area contributed by atoms with Gasteiger partial charge in [-0.25, -0.2) is 4.68 Å². The molecule has 2 fully saturated rings. The fraction of sp³-hybridized carbons (Fsp3) is 0.400. The van der Waals surface area contributed by atoms with Crippen molar-refractivity contribution in [3.63, 3.8) is 0 Å². The molecule has 2 aliphatic rings. The quantitative estimate of drug-likeness (QED) is 0.324. The summed E-state index contributed by atoms with van der Waals surface area (Å²) in [6.45, 7) is 5.99. The third-order valence-electron chi connectivity index (χ3n) is 7.70. The van der Waals surface area contributed by atoms with E-state index >= 15 is 0 Å². The molecule has 184 valence electrons. The van der Waals surface area contributed by atoms with E-state index < -0.39 is 0 Å². The average molecular weight is 481 g/mol. The van der Waals surface area contributed by atoms with Crippen LogP contribution < -0.4 is 4.74 Å². The monoisotopic (exact) mass is 480 g/mol. The van der Waals surface area contributed by atoms with Gasteiger partial charge in [-0.15, -0.1) is 0 Å². The first-order chi connectivity index (χ1) is 17.7. The molecule has 3 aromatic carbocycles. The molecule has 0 saturated carbocycles. The van der Waals surface area contributed by atoms with Crippen molar-refractivity contribution in [2.45, 2.75) is 51.3 Å². The fourth-order valence-electron chi connectivity index (χ4n) is 5.71. The number of rotatable bonds is 6. The highest BCUT2D eigenvalue weighted by molar-refractivity contribution is 5.97. The van der Waals surface area contributed by atoms with E-state index in [0.717, 1.165) is 77.7 Å². The van der Waals surface area contributed by atoms with Crippen LogP contribution >= 0.6 is 0 Å². The zero-order valence-corrected chi connectivity index (χ0v) is 20.8. The van der Waals surface area contributed by atoms with Crippen molar-refractivity contribution in [2.24, 2.45) is 0 Å². The Morgan fingerprint density at radius 2 is 1.92 bits per heavy atom. The van der Waals surface area contributed by atoms with E-state index in [2.05, 4.69) is 54.3 Å². The number of fused-ring (bicyclic) bond motifs is 2. The number of hydrogen-bond acceptors (Lipinski definition) is 5. The highest BCUT2D eigenvalue weighted by Gasteiger charge is 2.24. The van der Waals surface area contributed by atoms with Gasteiger partial charge >= 0.3 is 0 Å². The maximum absolute atomic E-state index is 9.51. The zero-order valence-electron chi connectivity index (χ0n) is 20.8. The van der Waals surface area contributed by atoms with Crippen molar-refractivity contribution in [3.8, 4) is 23.1 Å². The van der Waals surface area contributed by atoms with Gasteiger partial charge < -0.3 is 9.47 Å². The number of likely N-dealkylation sites (N-methyl/N-ethyl adjacent to an activating group) is 1. The SMILES string of the molecule is CCN1CCC[C@@H]1COc1ccc2cc(-c3nn(C4CCCCO4)c4ccc(C#N)cc34)ccc2c1. The minimum absolute atomic E-state index is 0.0633. The van der Waals surface area contributed by atoms with Gasteiger partial charge in [-0.05, 0) is 92.4 Å². The molecule has 1 aromatic heterocycles. The molecule has 0 N–H and O–H groups in total. The van der Waals surface area contributed by atoms with Crippen LogP contribution in [0.1, 0.15) is 50.8 Å². The van der Waals surface area contributed by atoms with Gasteiger partial charge in [-0.1, -0.05) is 25.1 Å². The van der Waals surface area contributed by atoms with E-state index in [1.54, 1.807) is 0 Å². The van der Waals surface area contributed by atoms with Crippen LogP contribution in [-0.2, 0) is 4.74 Å². The second-order valence-corrected chi connectivity index (χ2v) is 9.92. The van der Waals surface area contributed by atoms with Crippen molar-refractivity contribution in [1.29, 1.82) is 5.26 Å². The average Bonchev–Trinajstić information content (AvgIpc) is 3.56. The molecule has 0 aliphatic carbocycles. The summed E-state index contributed by atoms with van der Waals surface area (Å²) in [5.41, 5.74) is 3.57. The molecule has 0 amide bonds. The van der Waals surface area contributed by atoms with Gasteiger partial charge in [-0.2, -0.15) is 10.4 Å². The molecule has 3 heterocycles. The second-order valence-electron chi connectivity index (χ2n) is 9.92. The Morgan fingerprint density at radius 3 is 2.75 bits per heavy atom. The number of benzene rings is 3. The number of nitriles is 1. The number of nitrogens with zero attached hydrogens (tertiary/aromatic N) is 4. The van der Waals surface area contributed by atoms with Crippen LogP contribution in [0.2, 0.25) is 0 Å². The van der Waals surface area contributed by atoms with Crippen LogP contribution in [0.15, 0.2) is 54.6 Å². The third-order valence-corrected chi connectivity index (χ3v) is 7.70. The summed E-state index contributed by atoms with van der Waals surface area (Å²) in [5.74, 6) is 0.918. The predicted molar refractivity (Wildman–Crippen MR) is 142 cm³/mol. The van der Waals surface area contributed by atoms with Crippen molar-refractivity contribution in [1.82, 2.24) is 14.7 Å². The lowest BCUT2D eigenvalue weighted by molar-refractivity contribution is -0.0365. The smallest absolute Gasteiger partial charge is 0.150 e. The van der Waals surface area contributed by atoms with Gasteiger partial charge in [0.1, 0.15) is 18.1 Å². The van der Waals surface area contributed by atoms with Gasteiger partial charge in [0.2, 0.25) is 0 Å². The van der Waals surface area contributed by atoms with Crippen molar-refractivity contribution in [3.05, 3.63) is 60.2 Å². The van der Waals surface area contributed by atoms with Crippen LogP contribution in [0.3, 0.4) is 0 Å². The molecule has 1 unspecified atom stereocenters. The Bertz CT molecular complexity index is 1430. The van der Waals surface area contributed by atoms with Gasteiger partial charge in [0.25, 0.3) is 0 Å². The van der Waals surface area contributed by atoms with Crippen molar-refractivity contribution in [2.75, 3.05) is 26.3 Å². The Hall–Kier alpha value is -3.40. The van der Waals surface area contributed by atoms with Gasteiger partial charge in [0.15, 0.2) is 6.23 Å². The topological polar surface area (TPSA) is 63.3 Å². The van der Waals surface area contributed by atoms with E-state index in [1.165, 1.54) is 19.4 Å². The largest absolute Gasteiger partial charge is 0.492 e. The molecule has 2 aliphatic heterocycles. The molecule has 0 spiro atoms. The van der Waals surface area contributed by atoms with E-state index in [4.69, 9.17) is 14.6 Å². The molecule has 6 heteroatoms. The summed E-state index contributed by atoms with van der Waals surface area (Å²) in [5, 5.41) is 17.8. The summed E-state index contributed by atoms with van der Waals surface area (Å²) >= 11 is 0. The summed E-state index contributed by atoms with van der Waals surface area (Å²) in [6.07, 6.45) is 5.59. The number of ether oxygens (including phenoxy) is 2. The van der Waals surface area contributed by atoms with Gasteiger partial charge in [0, 0.05) is 23.6 Å². The molecule has 2 atom stereocenters. The minimum atomic E-state index is -0.0633. The third kappa shape index (κ3) is 4.34. The van der Waals surface area contributed by atoms with Crippen LogP contribution in [0.25, 0.3) is 32.9 Å². The van der Waals surface area contributed by atoms with Crippen LogP contribution in [-0.4, -0.2) is 47.0 Å². The van der Waals surface area contributed by atoms with E-state index in [-0.39, 0.29) is 6.23 Å². The summed E-state index contributed by atoms with van der Waals surface area (Å²) in [4.78, 5) is 2.51. The van der Waals surface area contributed by atoms with Crippen molar-refractivity contribution < 1.29 is 9.47 Å². The summed E-state index contributed by atoms with van der Waals surface area (Å²) in [7, 11) is 0. The van der Waals surface area contributed by atoms with Crippen molar-refractivity contribution >= 4 is 21.7 Å². The van der Waals surface area contributed by atoms with E-state index in [1.807, 2.05) is 22.9 Å². The fourth-order valence-corrected chi connectivity index (χ4v) is 5.71. The predicted octanol–water partition coefficient (Wildman–Crippen LogP) is 6.29. The lowest BCUT2D eigenvalue weighted by atomic mass is 10.0. The van der Waals surface area contributed by atoms with Gasteiger partial charge in [-0.3, -0.25) is 4.90 Å². The first kappa shape index (κ1) is 23.0. The summed E-state index contributed by atoms with van der Waals surface area (Å²) < 4.78 is 14.3. The Kier molecular flexibility index (Phi) is 6.35. The maximum Gasteiger partial charge on any atom is 0.150 e. The van der Waals surface area contributed by atoms with Gasteiger partial charge in [0.05, 0.1) is 17.1 Å². The maximum atomic E-state index is 9.51. The summed E-state index contributed by atoms with van der Waals surface area (Å²) in [6, 6.07) is 21.4. The number of aromatic nitrogens is 2. The highest BCUT2D eigenvalue weighted by atomic mass is 16.5. The van der Waals surface area contributed by atoms with E-state index in [9.17, 15) is 5.26 Å². The zero-order chi connectivity index (χ0) is 24.5.